The lowest BCUT2D eigenvalue weighted by atomic mass is 9.99. The Kier molecular flexibility index (Phi) is 9.26. The molecule has 0 amide bonds. The smallest absolute Gasteiger partial charge is 0.164 e. The van der Waals surface area contributed by atoms with Gasteiger partial charge in [-0.15, -0.1) is 11.3 Å². The van der Waals surface area contributed by atoms with Crippen molar-refractivity contribution < 1.29 is 0 Å². The van der Waals surface area contributed by atoms with E-state index >= 15 is 0 Å². The normalized spacial score (nSPS) is 11.3. The van der Waals surface area contributed by atoms with E-state index in [1.54, 1.807) is 11.3 Å². The fourth-order valence-corrected chi connectivity index (χ4v) is 8.89. The summed E-state index contributed by atoms with van der Waals surface area (Å²) < 4.78 is 2.36. The highest BCUT2D eigenvalue weighted by Gasteiger charge is 2.18. The third-order valence-corrected chi connectivity index (χ3v) is 11.9. The summed E-state index contributed by atoms with van der Waals surface area (Å²) >= 11 is 1.78. The molecule has 0 fully saturated rings. The highest BCUT2D eigenvalue weighted by molar-refractivity contribution is 7.26. The molecule has 0 spiro atoms. The molecule has 0 unspecified atom stereocenters. The van der Waals surface area contributed by atoms with E-state index in [4.69, 9.17) is 29.9 Å². The highest BCUT2D eigenvalue weighted by atomic mass is 32.1. The zero-order valence-electron chi connectivity index (χ0n) is 32.7. The van der Waals surface area contributed by atoms with Crippen LogP contribution in [0.4, 0.5) is 0 Å². The van der Waals surface area contributed by atoms with Gasteiger partial charge in [-0.25, -0.2) is 29.9 Å². The molecule has 8 aromatic carbocycles. The maximum atomic E-state index is 5.12. The first-order valence-electron chi connectivity index (χ1n) is 20.1. The van der Waals surface area contributed by atoms with Crippen LogP contribution in [-0.2, 0) is 0 Å². The van der Waals surface area contributed by atoms with Crippen molar-refractivity contribution in [3.05, 3.63) is 206 Å². The van der Waals surface area contributed by atoms with E-state index in [9.17, 15) is 0 Å². The predicted octanol–water partition coefficient (Wildman–Crippen LogP) is 13.8. The van der Waals surface area contributed by atoms with E-state index in [2.05, 4.69) is 109 Å². The Labute approximate surface area is 356 Å². The number of nitrogens with zero attached hydrogens (tertiary/aromatic N) is 6. The molecule has 61 heavy (non-hydrogen) atoms. The number of hydrogen-bond donors (Lipinski definition) is 0. The molecular weight excluding hydrogens is 765 g/mol. The second-order valence-corrected chi connectivity index (χ2v) is 15.8. The van der Waals surface area contributed by atoms with Crippen molar-refractivity contribution >= 4 is 31.5 Å². The number of fused-ring (bicyclic) bond motifs is 3. The van der Waals surface area contributed by atoms with Gasteiger partial charge in [0.15, 0.2) is 34.9 Å². The van der Waals surface area contributed by atoms with Gasteiger partial charge in [0, 0.05) is 53.6 Å². The maximum Gasteiger partial charge on any atom is 0.164 e. The molecule has 0 aliphatic rings. The van der Waals surface area contributed by atoms with Gasteiger partial charge in [-0.3, -0.25) is 0 Å². The Morgan fingerprint density at radius 1 is 0.246 bits per heavy atom. The molecule has 0 aliphatic carbocycles. The molecule has 0 saturated carbocycles. The van der Waals surface area contributed by atoms with Crippen LogP contribution < -0.4 is 0 Å². The summed E-state index contributed by atoms with van der Waals surface area (Å²) in [5, 5.41) is 2.27. The SMILES string of the molecule is c1ccc(-c2cccc(-c3nc(-c4ccccc4)nc(-c4cccc(-c5ccc6sc7cccc(-c8nc(-c9ccccc9)nc(-c9ccccc9)n8)c7c6c5)c4)n3)c2)cc1. The van der Waals surface area contributed by atoms with Crippen molar-refractivity contribution in [1.29, 1.82) is 0 Å². The first-order valence-corrected chi connectivity index (χ1v) is 20.9. The maximum absolute atomic E-state index is 5.12. The Hall–Kier alpha value is -8.00. The zero-order chi connectivity index (χ0) is 40.5. The number of rotatable bonds is 8. The fraction of sp³-hybridized carbons (Fsp3) is 0. The minimum atomic E-state index is 0.610. The molecule has 0 N–H and O–H groups in total. The van der Waals surface area contributed by atoms with Gasteiger partial charge in [0.25, 0.3) is 0 Å². The quantitative estimate of drug-likeness (QED) is 0.152. The first-order chi connectivity index (χ1) is 30.2. The molecule has 11 rings (SSSR count). The van der Waals surface area contributed by atoms with Gasteiger partial charge < -0.3 is 0 Å². The second kappa shape index (κ2) is 15.6. The van der Waals surface area contributed by atoms with Crippen LogP contribution in [0.1, 0.15) is 0 Å². The van der Waals surface area contributed by atoms with E-state index in [1.165, 1.54) is 9.40 Å². The molecule has 6 nitrogen and oxygen atoms in total. The third kappa shape index (κ3) is 7.13. The molecule has 7 heteroatoms. The van der Waals surface area contributed by atoms with Crippen LogP contribution in [0, 0.1) is 0 Å². The van der Waals surface area contributed by atoms with Crippen LogP contribution in [0.5, 0.6) is 0 Å². The molecule has 286 valence electrons. The highest BCUT2D eigenvalue weighted by Crippen LogP contribution is 2.42. The minimum Gasteiger partial charge on any atom is -0.208 e. The Morgan fingerprint density at radius 2 is 0.623 bits per heavy atom. The van der Waals surface area contributed by atoms with Crippen molar-refractivity contribution in [3.63, 3.8) is 0 Å². The number of aromatic nitrogens is 6. The van der Waals surface area contributed by atoms with Crippen molar-refractivity contribution in [2.45, 2.75) is 0 Å². The van der Waals surface area contributed by atoms with Crippen LogP contribution >= 0.6 is 11.3 Å². The van der Waals surface area contributed by atoms with Crippen LogP contribution in [0.15, 0.2) is 206 Å². The number of hydrogen-bond acceptors (Lipinski definition) is 7. The van der Waals surface area contributed by atoms with Crippen molar-refractivity contribution in [3.8, 4) is 90.6 Å². The monoisotopic (exact) mass is 798 g/mol. The topological polar surface area (TPSA) is 77.3 Å². The van der Waals surface area contributed by atoms with E-state index in [0.717, 1.165) is 66.4 Å². The van der Waals surface area contributed by atoms with Crippen LogP contribution in [0.25, 0.3) is 111 Å². The Bertz CT molecular complexity index is 3300. The summed E-state index contributed by atoms with van der Waals surface area (Å²) in [6, 6.07) is 70.7. The lowest BCUT2D eigenvalue weighted by molar-refractivity contribution is 1.07. The molecule has 0 atom stereocenters. The summed E-state index contributed by atoms with van der Waals surface area (Å²) in [7, 11) is 0. The van der Waals surface area contributed by atoms with Gasteiger partial charge in [-0.1, -0.05) is 176 Å². The van der Waals surface area contributed by atoms with Crippen LogP contribution in [-0.4, -0.2) is 29.9 Å². The van der Waals surface area contributed by atoms with Gasteiger partial charge in [-0.05, 0) is 52.6 Å². The predicted molar refractivity (Wildman–Crippen MR) is 250 cm³/mol. The second-order valence-electron chi connectivity index (χ2n) is 14.7. The Balaban J connectivity index is 1.03. The van der Waals surface area contributed by atoms with Gasteiger partial charge in [0.05, 0.1) is 0 Å². The third-order valence-electron chi connectivity index (χ3n) is 10.8. The van der Waals surface area contributed by atoms with E-state index in [1.807, 2.05) is 97.1 Å². The average Bonchev–Trinajstić information content (AvgIpc) is 3.73. The number of benzene rings is 8. The van der Waals surface area contributed by atoms with Gasteiger partial charge in [0.2, 0.25) is 0 Å². The summed E-state index contributed by atoms with van der Waals surface area (Å²) in [5.74, 6) is 3.77. The standard InChI is InChI=1S/C54H34N6S/c1-5-16-35(17-6-1)39-24-13-26-42(32-39)52-56-49(36-18-7-2-8-19-36)57-53(58-52)43-27-14-25-40(33-43)41-30-31-46-45(34-41)48-44(28-15-29-47(48)61-46)54-59-50(37-20-9-3-10-21-37)55-51(60-54)38-22-11-4-12-23-38/h1-34H. The van der Waals surface area contributed by atoms with Crippen molar-refractivity contribution in [1.82, 2.24) is 29.9 Å². The molecule has 0 radical (unpaired) electrons. The summed E-state index contributed by atoms with van der Waals surface area (Å²) in [4.78, 5) is 30.3. The fourth-order valence-electron chi connectivity index (χ4n) is 7.78. The van der Waals surface area contributed by atoms with Gasteiger partial charge in [0.1, 0.15) is 0 Å². The molecule has 3 aromatic heterocycles. The molecule has 0 aliphatic heterocycles. The molecule has 3 heterocycles. The van der Waals surface area contributed by atoms with E-state index in [-0.39, 0.29) is 0 Å². The van der Waals surface area contributed by atoms with Gasteiger partial charge >= 0.3 is 0 Å². The van der Waals surface area contributed by atoms with Gasteiger partial charge in [-0.2, -0.15) is 0 Å². The largest absolute Gasteiger partial charge is 0.208 e. The van der Waals surface area contributed by atoms with Crippen LogP contribution in [0.2, 0.25) is 0 Å². The molecular formula is C54H34N6S. The van der Waals surface area contributed by atoms with E-state index < -0.39 is 0 Å². The first kappa shape index (κ1) is 36.1. The summed E-state index contributed by atoms with van der Waals surface area (Å²) in [6.07, 6.45) is 0. The molecule has 0 saturated heterocycles. The van der Waals surface area contributed by atoms with E-state index in [0.29, 0.717) is 34.9 Å². The molecule has 0 bridgehead atoms. The summed E-state index contributed by atoms with van der Waals surface area (Å²) in [6.45, 7) is 0. The lowest BCUT2D eigenvalue weighted by Crippen LogP contribution is -2.00. The zero-order valence-corrected chi connectivity index (χ0v) is 33.5. The minimum absolute atomic E-state index is 0.610. The number of thiophene rings is 1. The summed E-state index contributed by atoms with van der Waals surface area (Å²) in [5.41, 5.74) is 9.99. The van der Waals surface area contributed by atoms with Crippen molar-refractivity contribution in [2.24, 2.45) is 0 Å². The molecule has 11 aromatic rings. The van der Waals surface area contributed by atoms with Crippen LogP contribution in [0.3, 0.4) is 0 Å². The lowest BCUT2D eigenvalue weighted by Gasteiger charge is -2.11. The average molecular weight is 799 g/mol. The Morgan fingerprint density at radius 3 is 1.13 bits per heavy atom. The van der Waals surface area contributed by atoms with Crippen molar-refractivity contribution in [2.75, 3.05) is 0 Å².